The number of rotatable bonds is 5. The van der Waals surface area contributed by atoms with E-state index in [0.29, 0.717) is 23.4 Å². The minimum Gasteiger partial charge on any atom is -0.497 e. The summed E-state index contributed by atoms with van der Waals surface area (Å²) in [7, 11) is 3.25. The molecule has 0 amide bonds. The van der Waals surface area contributed by atoms with Gasteiger partial charge < -0.3 is 13.9 Å². The summed E-state index contributed by atoms with van der Waals surface area (Å²) in [5, 5.41) is 0.764. The van der Waals surface area contributed by atoms with Crippen molar-refractivity contribution >= 4 is 18.3 Å². The van der Waals surface area contributed by atoms with E-state index >= 15 is 0 Å². The first-order chi connectivity index (χ1) is 12.7. The summed E-state index contributed by atoms with van der Waals surface area (Å²) >= 11 is 0. The van der Waals surface area contributed by atoms with Crippen LogP contribution in [0.25, 0.3) is 12.7 Å². The third-order valence-corrected chi connectivity index (χ3v) is 4.07. The van der Waals surface area contributed by atoms with E-state index < -0.39 is 0 Å². The molecule has 0 aliphatic heterocycles. The van der Waals surface area contributed by atoms with Crippen LogP contribution in [0.3, 0.4) is 0 Å². The van der Waals surface area contributed by atoms with E-state index in [2.05, 4.69) is 11.6 Å². The zero-order valence-corrected chi connectivity index (χ0v) is 15.2. The average molecular weight is 350 g/mol. The summed E-state index contributed by atoms with van der Waals surface area (Å²) in [5.74, 6) is 1.43. The molecule has 0 atom stereocenters. The summed E-state index contributed by atoms with van der Waals surface area (Å²) in [6, 6.07) is 15.3. The van der Waals surface area contributed by atoms with Crippen LogP contribution in [0.2, 0.25) is 0 Å². The number of ether oxygens (including phenoxy) is 2. The van der Waals surface area contributed by atoms with E-state index in [0.717, 1.165) is 22.3 Å². The molecule has 26 heavy (non-hydrogen) atoms. The van der Waals surface area contributed by atoms with Gasteiger partial charge in [-0.1, -0.05) is 24.8 Å². The second-order valence-electron chi connectivity index (χ2n) is 5.64. The predicted octanol–water partition coefficient (Wildman–Crippen LogP) is 2.59. The highest BCUT2D eigenvalue weighted by molar-refractivity contribution is 5.58. The lowest BCUT2D eigenvalue weighted by atomic mass is 10.2. The molecule has 0 aliphatic carbocycles. The molecule has 0 fully saturated rings. The summed E-state index contributed by atoms with van der Waals surface area (Å²) in [4.78, 5) is 4.59. The normalized spacial score (nSPS) is 12.4. The molecule has 0 spiro atoms. The molecule has 0 bridgehead atoms. The highest BCUT2D eigenvalue weighted by Crippen LogP contribution is 2.24. The Labute approximate surface area is 152 Å². The van der Waals surface area contributed by atoms with Gasteiger partial charge >= 0.3 is 5.68 Å². The van der Waals surface area contributed by atoms with Gasteiger partial charge in [0.15, 0.2) is 5.42 Å². The van der Waals surface area contributed by atoms with Crippen molar-refractivity contribution in [2.45, 2.75) is 13.5 Å². The summed E-state index contributed by atoms with van der Waals surface area (Å²) in [5.41, 5.74) is 2.87. The van der Waals surface area contributed by atoms with Crippen molar-refractivity contribution in [2.75, 3.05) is 14.2 Å². The minimum absolute atomic E-state index is 0.516. The lowest BCUT2D eigenvalue weighted by Gasteiger charge is -2.06. The third kappa shape index (κ3) is 3.57. The molecule has 0 aliphatic rings. The van der Waals surface area contributed by atoms with Crippen LogP contribution in [0.15, 0.2) is 57.9 Å². The minimum atomic E-state index is 0.516. The van der Waals surface area contributed by atoms with Gasteiger partial charge in [-0.2, -0.15) is 4.99 Å². The first-order valence-corrected chi connectivity index (χ1v) is 8.38. The number of aromatic nitrogens is 1. The Morgan fingerprint density at radius 1 is 1.12 bits per heavy atom. The van der Waals surface area contributed by atoms with Crippen molar-refractivity contribution in [1.82, 2.24) is 4.57 Å². The van der Waals surface area contributed by atoms with Crippen molar-refractivity contribution in [3.63, 3.8) is 0 Å². The van der Waals surface area contributed by atoms with Gasteiger partial charge in [0.25, 0.3) is 0 Å². The van der Waals surface area contributed by atoms with Gasteiger partial charge in [0.1, 0.15) is 11.5 Å². The average Bonchev–Trinajstić information content (AvgIpc) is 2.97. The van der Waals surface area contributed by atoms with Crippen LogP contribution in [-0.4, -0.2) is 18.8 Å². The number of hydrogen-bond acceptors (Lipinski definition) is 4. The molecule has 3 rings (SSSR count). The Balaban J connectivity index is 2.17. The maximum absolute atomic E-state index is 5.99. The second-order valence-corrected chi connectivity index (χ2v) is 5.64. The zero-order valence-electron chi connectivity index (χ0n) is 15.2. The second kappa shape index (κ2) is 7.78. The SMILES string of the molecule is C=c1/c(=C\c2ccc(OC)cc2OC)oc(=Nc2ccccc2)n1CC. The Kier molecular flexibility index (Phi) is 5.27. The van der Waals surface area contributed by atoms with Gasteiger partial charge in [0, 0.05) is 18.2 Å². The molecule has 134 valence electrons. The Bertz CT molecular complexity index is 1060. The predicted molar refractivity (Wildman–Crippen MR) is 102 cm³/mol. The van der Waals surface area contributed by atoms with E-state index in [9.17, 15) is 0 Å². The van der Waals surface area contributed by atoms with E-state index in [4.69, 9.17) is 13.9 Å². The molecule has 2 aromatic carbocycles. The number of nitrogens with zero attached hydrogens (tertiary/aromatic N) is 2. The van der Waals surface area contributed by atoms with Gasteiger partial charge in [-0.25, -0.2) is 0 Å². The molecule has 0 N–H and O–H groups in total. The summed E-state index contributed by atoms with van der Waals surface area (Å²) < 4.78 is 18.6. The van der Waals surface area contributed by atoms with Gasteiger partial charge in [-0.15, -0.1) is 0 Å². The van der Waals surface area contributed by atoms with E-state index in [-0.39, 0.29) is 0 Å². The number of benzene rings is 2. The lowest BCUT2D eigenvalue weighted by molar-refractivity contribution is 0.393. The topological polar surface area (TPSA) is 48.9 Å². The van der Waals surface area contributed by atoms with E-state index in [1.54, 1.807) is 14.2 Å². The van der Waals surface area contributed by atoms with Crippen molar-refractivity contribution in [3.05, 3.63) is 70.5 Å². The quantitative estimate of drug-likeness (QED) is 0.711. The van der Waals surface area contributed by atoms with Gasteiger partial charge in [0.05, 0.1) is 25.3 Å². The largest absolute Gasteiger partial charge is 0.497 e. The van der Waals surface area contributed by atoms with Crippen LogP contribution >= 0.6 is 0 Å². The Morgan fingerprint density at radius 2 is 1.88 bits per heavy atom. The van der Waals surface area contributed by atoms with Crippen LogP contribution < -0.4 is 25.9 Å². The number of methoxy groups -OCH3 is 2. The van der Waals surface area contributed by atoms with E-state index in [1.807, 2.05) is 66.1 Å². The Hall–Kier alpha value is -3.21. The van der Waals surface area contributed by atoms with Gasteiger partial charge in [-0.3, -0.25) is 4.57 Å². The monoisotopic (exact) mass is 350 g/mol. The van der Waals surface area contributed by atoms with Crippen molar-refractivity contribution in [1.29, 1.82) is 0 Å². The number of para-hydroxylation sites is 1. The molecule has 0 radical (unpaired) electrons. The highest BCUT2D eigenvalue weighted by atomic mass is 16.5. The highest BCUT2D eigenvalue weighted by Gasteiger charge is 2.06. The standard InChI is InChI=1S/C21H22N2O3/c1-5-23-15(2)19(26-21(23)22-17-9-7-6-8-10-17)13-16-11-12-18(24-3)14-20(16)25-4/h6-14H,2,5H2,1,3-4H3/b19-13+,22-21?. The molecular weight excluding hydrogens is 328 g/mol. The molecule has 3 aromatic rings. The van der Waals surface area contributed by atoms with Crippen LogP contribution in [-0.2, 0) is 6.54 Å². The van der Waals surface area contributed by atoms with Crippen molar-refractivity contribution < 1.29 is 13.9 Å². The van der Waals surface area contributed by atoms with E-state index in [1.165, 1.54) is 0 Å². The van der Waals surface area contributed by atoms with Crippen molar-refractivity contribution in [2.24, 2.45) is 4.99 Å². The summed E-state index contributed by atoms with van der Waals surface area (Å²) in [6.45, 7) is 6.90. The number of hydrogen-bond donors (Lipinski definition) is 0. The molecule has 1 aromatic heterocycles. The molecular formula is C21H22N2O3. The van der Waals surface area contributed by atoms with Gasteiger partial charge in [-0.05, 0) is 37.3 Å². The lowest BCUT2D eigenvalue weighted by Crippen LogP contribution is -2.30. The zero-order chi connectivity index (χ0) is 18.5. The number of oxazole rings is 1. The molecule has 0 saturated heterocycles. The van der Waals surface area contributed by atoms with Crippen LogP contribution in [0, 0.1) is 0 Å². The fraction of sp³-hybridized carbons (Fsp3) is 0.190. The smallest absolute Gasteiger partial charge is 0.302 e. The van der Waals surface area contributed by atoms with Crippen molar-refractivity contribution in [3.8, 4) is 11.5 Å². The molecule has 0 unspecified atom stereocenters. The molecule has 5 heteroatoms. The fourth-order valence-corrected chi connectivity index (χ4v) is 2.67. The summed E-state index contributed by atoms with van der Waals surface area (Å²) in [6.07, 6.45) is 1.90. The maximum atomic E-state index is 5.99. The van der Waals surface area contributed by atoms with Crippen LogP contribution in [0.1, 0.15) is 12.5 Å². The van der Waals surface area contributed by atoms with Crippen LogP contribution in [0.5, 0.6) is 11.5 Å². The Morgan fingerprint density at radius 3 is 2.54 bits per heavy atom. The molecule has 5 nitrogen and oxygen atoms in total. The molecule has 1 heterocycles. The van der Waals surface area contributed by atoms with Crippen LogP contribution in [0.4, 0.5) is 5.69 Å². The maximum Gasteiger partial charge on any atom is 0.302 e. The first-order valence-electron chi connectivity index (χ1n) is 8.38. The molecule has 0 saturated carbocycles. The van der Waals surface area contributed by atoms with Gasteiger partial charge in [0.2, 0.25) is 0 Å². The fourth-order valence-electron chi connectivity index (χ4n) is 2.67. The third-order valence-electron chi connectivity index (χ3n) is 4.07. The first kappa shape index (κ1) is 17.6.